The van der Waals surface area contributed by atoms with Gasteiger partial charge in [-0.2, -0.15) is 0 Å². The summed E-state index contributed by atoms with van der Waals surface area (Å²) in [5.74, 6) is -0.0783. The van der Waals surface area contributed by atoms with Crippen molar-refractivity contribution in [2.75, 3.05) is 11.4 Å². The van der Waals surface area contributed by atoms with E-state index in [0.29, 0.717) is 12.1 Å². The van der Waals surface area contributed by atoms with Gasteiger partial charge in [0.2, 0.25) is 0 Å². The molecule has 2 rings (SSSR count). The lowest BCUT2D eigenvalue weighted by atomic mass is 9.93. The summed E-state index contributed by atoms with van der Waals surface area (Å²) in [5, 5.41) is 3.33. The maximum absolute atomic E-state index is 14.5. The van der Waals surface area contributed by atoms with Crippen molar-refractivity contribution in [2.45, 2.75) is 71.5 Å². The molecule has 21 heavy (non-hydrogen) atoms. The Balaban J connectivity index is 2.10. The van der Waals surface area contributed by atoms with Crippen molar-refractivity contribution >= 4 is 5.69 Å². The summed E-state index contributed by atoms with van der Waals surface area (Å²) in [5.41, 5.74) is 1.79. The van der Waals surface area contributed by atoms with Crippen molar-refractivity contribution in [2.24, 2.45) is 0 Å². The molecule has 1 aliphatic carbocycles. The number of rotatable bonds is 6. The molecule has 118 valence electrons. The SMILES string of the molecule is CCN(c1ccc(CNC(C)C)cc1F)C1CCCCC1. The molecule has 0 bridgehead atoms. The molecule has 0 heterocycles. The number of benzene rings is 1. The molecule has 0 atom stereocenters. The van der Waals surface area contributed by atoms with Crippen LogP contribution in [0.3, 0.4) is 0 Å². The molecule has 1 aromatic rings. The first-order valence-electron chi connectivity index (χ1n) is 8.40. The predicted molar refractivity (Wildman–Crippen MR) is 88.3 cm³/mol. The van der Waals surface area contributed by atoms with Crippen LogP contribution in [0, 0.1) is 5.82 Å². The fourth-order valence-electron chi connectivity index (χ4n) is 3.23. The summed E-state index contributed by atoms with van der Waals surface area (Å²) in [6.07, 6.45) is 6.28. The maximum atomic E-state index is 14.5. The van der Waals surface area contributed by atoms with Crippen molar-refractivity contribution in [1.82, 2.24) is 5.32 Å². The van der Waals surface area contributed by atoms with Crippen LogP contribution in [0.25, 0.3) is 0 Å². The van der Waals surface area contributed by atoms with Gasteiger partial charge < -0.3 is 10.2 Å². The van der Waals surface area contributed by atoms with Gasteiger partial charge in [-0.05, 0) is 37.5 Å². The third-order valence-electron chi connectivity index (χ3n) is 4.39. The zero-order valence-corrected chi connectivity index (χ0v) is 13.7. The third-order valence-corrected chi connectivity index (χ3v) is 4.39. The minimum absolute atomic E-state index is 0.0783. The smallest absolute Gasteiger partial charge is 0.146 e. The summed E-state index contributed by atoms with van der Waals surface area (Å²) >= 11 is 0. The Bertz CT molecular complexity index is 439. The molecule has 0 spiro atoms. The van der Waals surface area contributed by atoms with Gasteiger partial charge >= 0.3 is 0 Å². The van der Waals surface area contributed by atoms with Crippen molar-refractivity contribution in [3.05, 3.63) is 29.6 Å². The first-order chi connectivity index (χ1) is 10.1. The molecule has 1 aliphatic rings. The Morgan fingerprint density at radius 1 is 1.24 bits per heavy atom. The molecule has 1 saturated carbocycles. The average molecular weight is 292 g/mol. The molecule has 0 unspecified atom stereocenters. The lowest BCUT2D eigenvalue weighted by molar-refractivity contribution is 0.414. The highest BCUT2D eigenvalue weighted by Gasteiger charge is 2.22. The monoisotopic (exact) mass is 292 g/mol. The summed E-state index contributed by atoms with van der Waals surface area (Å²) in [6, 6.07) is 6.64. The van der Waals surface area contributed by atoms with Crippen LogP contribution in [0.15, 0.2) is 18.2 Å². The summed E-state index contributed by atoms with van der Waals surface area (Å²) in [4.78, 5) is 2.26. The quantitative estimate of drug-likeness (QED) is 0.831. The average Bonchev–Trinajstić information content (AvgIpc) is 2.49. The van der Waals surface area contributed by atoms with E-state index in [1.165, 1.54) is 32.1 Å². The molecule has 0 aliphatic heterocycles. The zero-order chi connectivity index (χ0) is 15.2. The Morgan fingerprint density at radius 3 is 2.52 bits per heavy atom. The molecule has 0 saturated heterocycles. The van der Waals surface area contributed by atoms with Gasteiger partial charge in [0.1, 0.15) is 5.82 Å². The molecule has 0 amide bonds. The molecule has 1 aromatic carbocycles. The van der Waals surface area contributed by atoms with E-state index < -0.39 is 0 Å². The van der Waals surface area contributed by atoms with Crippen molar-refractivity contribution in [1.29, 1.82) is 0 Å². The van der Waals surface area contributed by atoms with E-state index in [4.69, 9.17) is 0 Å². The third kappa shape index (κ3) is 4.44. The Morgan fingerprint density at radius 2 is 1.95 bits per heavy atom. The second-order valence-electron chi connectivity index (χ2n) is 6.40. The van der Waals surface area contributed by atoms with Crippen LogP contribution in [0.1, 0.15) is 58.4 Å². The van der Waals surface area contributed by atoms with Crippen molar-refractivity contribution < 1.29 is 4.39 Å². The molecule has 1 fully saturated rings. The molecule has 0 radical (unpaired) electrons. The highest BCUT2D eigenvalue weighted by molar-refractivity contribution is 5.50. The van der Waals surface area contributed by atoms with Gasteiger partial charge in [-0.25, -0.2) is 4.39 Å². The van der Waals surface area contributed by atoms with Gasteiger partial charge in [-0.3, -0.25) is 0 Å². The predicted octanol–water partition coefficient (Wildman–Crippen LogP) is 4.48. The minimum atomic E-state index is -0.0783. The topological polar surface area (TPSA) is 15.3 Å². The highest BCUT2D eigenvalue weighted by atomic mass is 19.1. The van der Waals surface area contributed by atoms with Crippen LogP contribution >= 0.6 is 0 Å². The summed E-state index contributed by atoms with van der Waals surface area (Å²) < 4.78 is 14.5. The maximum Gasteiger partial charge on any atom is 0.146 e. The van der Waals surface area contributed by atoms with Crippen molar-refractivity contribution in [3.8, 4) is 0 Å². The molecular formula is C18H29FN2. The van der Waals surface area contributed by atoms with E-state index in [2.05, 4.69) is 37.1 Å². The number of nitrogens with zero attached hydrogens (tertiary/aromatic N) is 1. The first kappa shape index (κ1) is 16.3. The van der Waals surface area contributed by atoms with Crippen LogP contribution < -0.4 is 10.2 Å². The minimum Gasteiger partial charge on any atom is -0.366 e. The van der Waals surface area contributed by atoms with Crippen LogP contribution in [-0.2, 0) is 6.54 Å². The standard InChI is InChI=1S/C18H29FN2/c1-4-21(16-8-6-5-7-9-16)18-11-10-15(12-17(18)19)13-20-14(2)3/h10-12,14,16,20H,4-9,13H2,1-3H3. The van der Waals surface area contributed by atoms with Gasteiger partial charge in [0.15, 0.2) is 0 Å². The van der Waals surface area contributed by atoms with E-state index in [1.54, 1.807) is 6.07 Å². The van der Waals surface area contributed by atoms with Crippen LogP contribution in [0.2, 0.25) is 0 Å². The van der Waals surface area contributed by atoms with Gasteiger partial charge in [0.05, 0.1) is 5.69 Å². The van der Waals surface area contributed by atoms with E-state index >= 15 is 0 Å². The lowest BCUT2D eigenvalue weighted by Gasteiger charge is -2.35. The largest absolute Gasteiger partial charge is 0.366 e. The fraction of sp³-hybridized carbons (Fsp3) is 0.667. The van der Waals surface area contributed by atoms with Gasteiger partial charge in [-0.1, -0.05) is 39.2 Å². The van der Waals surface area contributed by atoms with Crippen LogP contribution in [0.5, 0.6) is 0 Å². The number of hydrogen-bond donors (Lipinski definition) is 1. The lowest BCUT2D eigenvalue weighted by Crippen LogP contribution is -2.37. The van der Waals surface area contributed by atoms with E-state index in [-0.39, 0.29) is 5.82 Å². The molecule has 1 N–H and O–H groups in total. The first-order valence-corrected chi connectivity index (χ1v) is 8.40. The van der Waals surface area contributed by atoms with E-state index in [0.717, 1.165) is 24.3 Å². The number of anilines is 1. The summed E-state index contributed by atoms with van der Waals surface area (Å²) in [7, 11) is 0. The number of halogens is 1. The fourth-order valence-corrected chi connectivity index (χ4v) is 3.23. The highest BCUT2D eigenvalue weighted by Crippen LogP contribution is 2.29. The zero-order valence-electron chi connectivity index (χ0n) is 13.7. The normalized spacial score (nSPS) is 16.4. The molecular weight excluding hydrogens is 263 g/mol. The Labute approximate surface area is 128 Å². The van der Waals surface area contributed by atoms with Gasteiger partial charge in [0.25, 0.3) is 0 Å². The van der Waals surface area contributed by atoms with Gasteiger partial charge in [0, 0.05) is 25.2 Å². The summed E-state index contributed by atoms with van der Waals surface area (Å²) in [6.45, 7) is 7.94. The second-order valence-corrected chi connectivity index (χ2v) is 6.40. The second kappa shape index (κ2) is 7.79. The van der Waals surface area contributed by atoms with Crippen LogP contribution in [0.4, 0.5) is 10.1 Å². The van der Waals surface area contributed by atoms with Crippen molar-refractivity contribution in [3.63, 3.8) is 0 Å². The Hall–Kier alpha value is -1.09. The molecule has 2 nitrogen and oxygen atoms in total. The molecule has 3 heteroatoms. The molecule has 0 aromatic heterocycles. The number of nitrogens with one attached hydrogen (secondary N) is 1. The van der Waals surface area contributed by atoms with Gasteiger partial charge in [-0.15, -0.1) is 0 Å². The van der Waals surface area contributed by atoms with Crippen LogP contribution in [-0.4, -0.2) is 18.6 Å². The Kier molecular flexibility index (Phi) is 6.04. The number of hydrogen-bond acceptors (Lipinski definition) is 2. The van der Waals surface area contributed by atoms with E-state index in [9.17, 15) is 4.39 Å². The van der Waals surface area contributed by atoms with E-state index in [1.807, 2.05) is 6.07 Å².